The lowest BCUT2D eigenvalue weighted by molar-refractivity contribution is 0.0945. The predicted molar refractivity (Wildman–Crippen MR) is 101 cm³/mol. The third kappa shape index (κ3) is 2.68. The highest BCUT2D eigenvalue weighted by Gasteiger charge is 2.26. The topological polar surface area (TPSA) is 73.1 Å². The number of rotatable bonds is 3. The van der Waals surface area contributed by atoms with Crippen molar-refractivity contribution in [1.82, 2.24) is 19.7 Å². The Morgan fingerprint density at radius 1 is 1.31 bits per heavy atom. The lowest BCUT2D eigenvalue weighted by atomic mass is 10.0. The van der Waals surface area contributed by atoms with E-state index in [2.05, 4.69) is 22.2 Å². The third-order valence-corrected chi connectivity index (χ3v) is 5.99. The molecule has 1 aliphatic rings. The SMILES string of the molecule is Cn1cc2cc(-c3ccc4cc([C@@H](O)[C@H]5CCOC5)sc4n3)cnc2n1. The summed E-state index contributed by atoms with van der Waals surface area (Å²) in [5, 5.41) is 17.0. The third-order valence-electron chi connectivity index (χ3n) is 4.87. The molecule has 4 aromatic rings. The molecule has 0 bridgehead atoms. The van der Waals surface area contributed by atoms with Gasteiger partial charge in [0, 0.05) is 53.2 Å². The zero-order chi connectivity index (χ0) is 17.7. The van der Waals surface area contributed by atoms with Crippen LogP contribution in [0, 0.1) is 5.92 Å². The number of aryl methyl sites for hydroxylation is 1. The molecule has 7 heteroatoms. The molecule has 26 heavy (non-hydrogen) atoms. The van der Waals surface area contributed by atoms with E-state index in [1.165, 1.54) is 0 Å². The lowest BCUT2D eigenvalue weighted by Crippen LogP contribution is -2.10. The fourth-order valence-corrected chi connectivity index (χ4v) is 4.56. The summed E-state index contributed by atoms with van der Waals surface area (Å²) in [5.41, 5.74) is 2.58. The van der Waals surface area contributed by atoms with Crippen LogP contribution in [-0.2, 0) is 11.8 Å². The van der Waals surface area contributed by atoms with Crippen LogP contribution in [0.4, 0.5) is 0 Å². The number of pyridine rings is 2. The molecular formula is C19H18N4O2S. The first-order valence-electron chi connectivity index (χ1n) is 8.63. The van der Waals surface area contributed by atoms with E-state index in [1.807, 2.05) is 31.6 Å². The van der Waals surface area contributed by atoms with Crippen LogP contribution in [0.5, 0.6) is 0 Å². The molecule has 0 spiro atoms. The first-order valence-corrected chi connectivity index (χ1v) is 9.45. The van der Waals surface area contributed by atoms with Gasteiger partial charge in [-0.15, -0.1) is 11.3 Å². The van der Waals surface area contributed by atoms with Gasteiger partial charge < -0.3 is 9.84 Å². The van der Waals surface area contributed by atoms with Crippen molar-refractivity contribution in [3.8, 4) is 11.3 Å². The minimum absolute atomic E-state index is 0.180. The van der Waals surface area contributed by atoms with E-state index < -0.39 is 6.10 Å². The van der Waals surface area contributed by atoms with Crippen LogP contribution in [0.1, 0.15) is 17.4 Å². The van der Waals surface area contributed by atoms with Crippen LogP contribution in [-0.4, -0.2) is 38.1 Å². The van der Waals surface area contributed by atoms with Gasteiger partial charge in [0.2, 0.25) is 0 Å². The van der Waals surface area contributed by atoms with Gasteiger partial charge in [-0.2, -0.15) is 5.10 Å². The van der Waals surface area contributed by atoms with Gasteiger partial charge in [0.15, 0.2) is 5.65 Å². The maximum Gasteiger partial charge on any atom is 0.181 e. The van der Waals surface area contributed by atoms with Gasteiger partial charge in [-0.3, -0.25) is 4.68 Å². The number of aliphatic hydroxyl groups is 1. The molecule has 5 heterocycles. The molecule has 6 nitrogen and oxygen atoms in total. The standard InChI is InChI=1S/C19H18N4O2S/c1-23-9-14-6-13(8-20-18(14)22-23)15-3-2-11-7-16(26-19(11)21-15)17(24)12-4-5-25-10-12/h2-3,6-9,12,17,24H,4-5,10H2,1H3/t12-,17-/m0/s1. The minimum Gasteiger partial charge on any atom is -0.387 e. The number of ether oxygens (including phenoxy) is 1. The van der Waals surface area contributed by atoms with Crippen LogP contribution >= 0.6 is 11.3 Å². The molecule has 0 aliphatic carbocycles. The van der Waals surface area contributed by atoms with Crippen LogP contribution in [0.3, 0.4) is 0 Å². The molecular weight excluding hydrogens is 348 g/mol. The van der Waals surface area contributed by atoms with E-state index in [0.717, 1.165) is 50.4 Å². The van der Waals surface area contributed by atoms with E-state index >= 15 is 0 Å². The first kappa shape index (κ1) is 15.9. The highest BCUT2D eigenvalue weighted by molar-refractivity contribution is 7.18. The van der Waals surface area contributed by atoms with Crippen molar-refractivity contribution in [1.29, 1.82) is 0 Å². The fraction of sp³-hybridized carbons (Fsp3) is 0.316. The van der Waals surface area contributed by atoms with Gasteiger partial charge in [0.05, 0.1) is 18.4 Å². The van der Waals surface area contributed by atoms with Crippen LogP contribution in [0.25, 0.3) is 32.5 Å². The van der Waals surface area contributed by atoms with Crippen molar-refractivity contribution in [2.45, 2.75) is 12.5 Å². The predicted octanol–water partition coefficient (Wildman–Crippen LogP) is 3.31. The van der Waals surface area contributed by atoms with Gasteiger partial charge in [-0.1, -0.05) is 0 Å². The second-order valence-corrected chi connectivity index (χ2v) is 7.81. The number of aromatic nitrogens is 4. The molecule has 2 atom stereocenters. The number of hydrogen-bond donors (Lipinski definition) is 1. The first-order chi connectivity index (χ1) is 12.7. The summed E-state index contributed by atoms with van der Waals surface area (Å²) in [6, 6.07) is 8.16. The Bertz CT molecular complexity index is 1100. The van der Waals surface area contributed by atoms with Crippen LogP contribution in [0.15, 0.2) is 36.7 Å². The summed E-state index contributed by atoms with van der Waals surface area (Å²) >= 11 is 1.56. The largest absolute Gasteiger partial charge is 0.387 e. The smallest absolute Gasteiger partial charge is 0.181 e. The summed E-state index contributed by atoms with van der Waals surface area (Å²) in [5.74, 6) is 0.180. The molecule has 0 saturated carbocycles. The number of aliphatic hydroxyl groups excluding tert-OH is 1. The summed E-state index contributed by atoms with van der Waals surface area (Å²) in [6.45, 7) is 1.36. The number of fused-ring (bicyclic) bond motifs is 2. The average molecular weight is 366 g/mol. The Kier molecular flexibility index (Phi) is 3.74. The Labute approximate surface area is 154 Å². The Balaban J connectivity index is 1.52. The highest BCUT2D eigenvalue weighted by atomic mass is 32.1. The maximum absolute atomic E-state index is 10.6. The normalized spacial score (nSPS) is 18.8. The average Bonchev–Trinajstić information content (AvgIpc) is 3.37. The summed E-state index contributed by atoms with van der Waals surface area (Å²) in [7, 11) is 1.89. The molecule has 1 N–H and O–H groups in total. The Morgan fingerprint density at radius 3 is 3.08 bits per heavy atom. The monoisotopic (exact) mass is 366 g/mol. The van der Waals surface area contributed by atoms with E-state index in [4.69, 9.17) is 9.72 Å². The van der Waals surface area contributed by atoms with E-state index in [9.17, 15) is 5.11 Å². The van der Waals surface area contributed by atoms with E-state index in [1.54, 1.807) is 16.0 Å². The van der Waals surface area contributed by atoms with Crippen molar-refractivity contribution >= 4 is 32.6 Å². The van der Waals surface area contributed by atoms with E-state index in [-0.39, 0.29) is 5.92 Å². The molecule has 1 saturated heterocycles. The molecule has 5 rings (SSSR count). The van der Waals surface area contributed by atoms with Crippen molar-refractivity contribution < 1.29 is 9.84 Å². The number of hydrogen-bond acceptors (Lipinski definition) is 6. The van der Waals surface area contributed by atoms with Crippen molar-refractivity contribution in [2.75, 3.05) is 13.2 Å². The molecule has 0 amide bonds. The summed E-state index contributed by atoms with van der Waals surface area (Å²) < 4.78 is 7.16. The maximum atomic E-state index is 10.6. The molecule has 0 aromatic carbocycles. The molecule has 0 unspecified atom stereocenters. The molecule has 132 valence electrons. The number of thiophene rings is 1. The fourth-order valence-electron chi connectivity index (χ4n) is 3.45. The minimum atomic E-state index is -0.478. The molecule has 1 aliphatic heterocycles. The molecule has 0 radical (unpaired) electrons. The lowest BCUT2D eigenvalue weighted by Gasteiger charge is -2.13. The van der Waals surface area contributed by atoms with Crippen LogP contribution < -0.4 is 0 Å². The highest BCUT2D eigenvalue weighted by Crippen LogP contribution is 2.36. The van der Waals surface area contributed by atoms with Gasteiger partial charge in [-0.05, 0) is 30.7 Å². The molecule has 1 fully saturated rings. The Hall–Kier alpha value is -2.35. The van der Waals surface area contributed by atoms with Crippen molar-refractivity contribution in [3.05, 3.63) is 41.5 Å². The summed E-state index contributed by atoms with van der Waals surface area (Å²) in [4.78, 5) is 11.1. The van der Waals surface area contributed by atoms with Gasteiger partial charge in [0.1, 0.15) is 4.83 Å². The zero-order valence-corrected chi connectivity index (χ0v) is 15.1. The number of nitrogens with zero attached hydrogens (tertiary/aromatic N) is 4. The quantitative estimate of drug-likeness (QED) is 0.602. The summed E-state index contributed by atoms with van der Waals surface area (Å²) in [6.07, 6.45) is 4.19. The molecule has 4 aromatic heterocycles. The zero-order valence-electron chi connectivity index (χ0n) is 14.3. The second kappa shape index (κ2) is 6.12. The van der Waals surface area contributed by atoms with E-state index in [0.29, 0.717) is 6.61 Å². The van der Waals surface area contributed by atoms with Crippen molar-refractivity contribution in [2.24, 2.45) is 13.0 Å². The van der Waals surface area contributed by atoms with Crippen molar-refractivity contribution in [3.63, 3.8) is 0 Å². The van der Waals surface area contributed by atoms with Gasteiger partial charge in [-0.25, -0.2) is 9.97 Å². The van der Waals surface area contributed by atoms with Crippen LogP contribution in [0.2, 0.25) is 0 Å². The van der Waals surface area contributed by atoms with Gasteiger partial charge in [0.25, 0.3) is 0 Å². The second-order valence-electron chi connectivity index (χ2n) is 6.75. The van der Waals surface area contributed by atoms with Gasteiger partial charge >= 0.3 is 0 Å². The Morgan fingerprint density at radius 2 is 2.23 bits per heavy atom.